The minimum Gasteiger partial charge on any atom is -0.388 e. The van der Waals surface area contributed by atoms with E-state index < -0.39 is 22.0 Å². The molecule has 7 heteroatoms. The molecule has 2 saturated heterocycles. The maximum Gasteiger partial charge on any atom is 0.166 e. The highest BCUT2D eigenvalue weighted by Crippen LogP contribution is 2.79. The summed E-state index contributed by atoms with van der Waals surface area (Å²) < 4.78 is 13.8. The number of allylic oxidation sites excluding steroid dienone is 2. The lowest BCUT2D eigenvalue weighted by atomic mass is 9.38. The predicted molar refractivity (Wildman–Crippen MR) is 266 cm³/mol. The molecule has 7 nitrogen and oxygen atoms in total. The highest BCUT2D eigenvalue weighted by Gasteiger charge is 2.75. The molecular formula is C60H95NO6. The van der Waals surface area contributed by atoms with E-state index in [-0.39, 0.29) is 67.7 Å². The Labute approximate surface area is 407 Å². The third-order valence-corrected chi connectivity index (χ3v) is 25.8. The second kappa shape index (κ2) is 14.6. The molecule has 0 radical (unpaired) electrons. The van der Waals surface area contributed by atoms with E-state index in [0.29, 0.717) is 47.1 Å². The monoisotopic (exact) mass is 926 g/mol. The normalized spacial score (nSPS) is 54.5. The van der Waals surface area contributed by atoms with Crippen molar-refractivity contribution in [2.45, 2.75) is 248 Å². The lowest BCUT2D eigenvalue weighted by Crippen LogP contribution is -2.60. The third kappa shape index (κ3) is 6.14. The number of hydrogen-bond donors (Lipinski definition) is 3. The van der Waals surface area contributed by atoms with Gasteiger partial charge in [-0.15, -0.1) is 0 Å². The molecule has 0 amide bonds. The highest BCUT2D eigenvalue weighted by atomic mass is 16.5. The average molecular weight is 926 g/mol. The van der Waals surface area contributed by atoms with Gasteiger partial charge in [0.2, 0.25) is 0 Å². The van der Waals surface area contributed by atoms with Crippen molar-refractivity contribution in [3.05, 3.63) is 23.5 Å². The summed E-state index contributed by atoms with van der Waals surface area (Å²) in [6, 6.07) is 0. The van der Waals surface area contributed by atoms with E-state index >= 15 is 9.59 Å². The second-order valence-electron chi connectivity index (χ2n) is 29.8. The largest absolute Gasteiger partial charge is 0.388 e. The van der Waals surface area contributed by atoms with Crippen LogP contribution in [0, 0.1) is 90.7 Å². The Bertz CT molecular complexity index is 1990. The number of rotatable bonds is 6. The van der Waals surface area contributed by atoms with Gasteiger partial charge in [-0.25, -0.2) is 0 Å². The van der Waals surface area contributed by atoms with Gasteiger partial charge in [-0.2, -0.15) is 0 Å². The van der Waals surface area contributed by atoms with Crippen LogP contribution in [0.1, 0.15) is 214 Å². The second-order valence-corrected chi connectivity index (χ2v) is 29.8. The van der Waals surface area contributed by atoms with Crippen LogP contribution in [0.5, 0.6) is 0 Å². The van der Waals surface area contributed by atoms with E-state index in [4.69, 9.17) is 9.47 Å². The fourth-order valence-electron chi connectivity index (χ4n) is 21.8. The Balaban J connectivity index is 0.953. The van der Waals surface area contributed by atoms with E-state index in [1.165, 1.54) is 25.7 Å². The van der Waals surface area contributed by atoms with Gasteiger partial charge in [0.1, 0.15) is 0 Å². The summed E-state index contributed by atoms with van der Waals surface area (Å²) in [4.78, 5) is 30.2. The number of ether oxygens (including phenoxy) is 2. The van der Waals surface area contributed by atoms with Crippen molar-refractivity contribution in [3.63, 3.8) is 0 Å². The zero-order valence-electron chi connectivity index (χ0n) is 45.3. The molecule has 0 bridgehead atoms. The van der Waals surface area contributed by atoms with Crippen molar-refractivity contribution in [2.75, 3.05) is 0 Å². The van der Waals surface area contributed by atoms with Gasteiger partial charge < -0.3 is 25.0 Å². The van der Waals surface area contributed by atoms with Crippen molar-refractivity contribution in [3.8, 4) is 0 Å². The first-order chi connectivity index (χ1) is 30.7. The van der Waals surface area contributed by atoms with Gasteiger partial charge in [0.05, 0.1) is 34.6 Å². The summed E-state index contributed by atoms with van der Waals surface area (Å²) in [5, 5.41) is 25.7. The van der Waals surface area contributed by atoms with Crippen LogP contribution in [-0.4, -0.2) is 56.4 Å². The Morgan fingerprint density at radius 3 is 1.12 bits per heavy atom. The summed E-state index contributed by atoms with van der Waals surface area (Å²) in [5.41, 5.74) is -1.24. The van der Waals surface area contributed by atoms with Crippen LogP contribution in [0.3, 0.4) is 0 Å². The number of carbonyl (C=O) groups is 2. The molecule has 10 aliphatic rings. The number of aliphatic hydroxyl groups is 2. The molecule has 0 aromatic heterocycles. The molecule has 8 aliphatic carbocycles. The van der Waals surface area contributed by atoms with Crippen LogP contribution in [0.25, 0.3) is 0 Å². The van der Waals surface area contributed by atoms with Crippen LogP contribution in [-0.2, 0) is 19.1 Å². The topological polar surface area (TPSA) is 105 Å². The van der Waals surface area contributed by atoms with Gasteiger partial charge in [0.15, 0.2) is 11.6 Å². The number of ketones is 2. The highest BCUT2D eigenvalue weighted by molar-refractivity contribution is 6.05. The zero-order chi connectivity index (χ0) is 48.9. The van der Waals surface area contributed by atoms with Gasteiger partial charge >= 0.3 is 0 Å². The summed E-state index contributed by atoms with van der Waals surface area (Å²) in [6.07, 6.45) is 21.5. The number of hydrogen-bond acceptors (Lipinski definition) is 7. The van der Waals surface area contributed by atoms with Crippen LogP contribution < -0.4 is 5.32 Å². The average Bonchev–Trinajstić information content (AvgIpc) is 4.04. The Morgan fingerprint density at radius 2 is 0.791 bits per heavy atom. The van der Waals surface area contributed by atoms with Gasteiger partial charge in [0.25, 0.3) is 0 Å². The van der Waals surface area contributed by atoms with Crippen LogP contribution in [0.2, 0.25) is 0 Å². The van der Waals surface area contributed by atoms with Crippen LogP contribution >= 0.6 is 0 Å². The molecule has 8 saturated carbocycles. The van der Waals surface area contributed by atoms with Gasteiger partial charge in [-0.3, -0.25) is 9.59 Å². The van der Waals surface area contributed by atoms with Crippen molar-refractivity contribution in [1.29, 1.82) is 0 Å². The molecule has 67 heavy (non-hydrogen) atoms. The molecule has 18 atom stereocenters. The summed E-state index contributed by atoms with van der Waals surface area (Å²) >= 11 is 0. The minimum absolute atomic E-state index is 0.0735. The maximum atomic E-state index is 15.1. The molecule has 3 N–H and O–H groups in total. The molecule has 0 aromatic rings. The molecule has 0 aromatic carbocycles. The molecule has 10 fully saturated rings. The van der Waals surface area contributed by atoms with E-state index in [1.807, 2.05) is 27.7 Å². The fourth-order valence-corrected chi connectivity index (χ4v) is 21.8. The lowest BCUT2D eigenvalue weighted by Gasteiger charge is -2.66. The van der Waals surface area contributed by atoms with E-state index in [0.717, 1.165) is 88.2 Å². The number of Topliss-reactive ketones (excluding diaryl/α,β-unsaturated/α-hetero) is 2. The Hall–Kier alpha value is -1.54. The lowest BCUT2D eigenvalue weighted by molar-refractivity contribution is -0.184. The first-order valence-corrected chi connectivity index (χ1v) is 27.8. The summed E-state index contributed by atoms with van der Waals surface area (Å²) in [7, 11) is 0. The number of nitrogens with one attached hydrogen (secondary N) is 1. The van der Waals surface area contributed by atoms with Crippen molar-refractivity contribution in [2.24, 2.45) is 90.7 Å². The molecule has 376 valence electrons. The third-order valence-electron chi connectivity index (χ3n) is 25.8. The van der Waals surface area contributed by atoms with Gasteiger partial charge in [-0.1, -0.05) is 69.2 Å². The summed E-state index contributed by atoms with van der Waals surface area (Å²) in [5.74, 6) is 3.94. The SMILES string of the molecule is CC(C)(O)C1CCC(C)(C2CCC3(C)C2CCC2C4(C)C(=CNC=C5C(=O)C(C)(C)C6CCC7(C)C(CCC8C(C9(C)CCC(C(C)(C)O)O9)CCC87C)C56C)C(=O)C(C)(C)C4CCC23C)O1. The Morgan fingerprint density at radius 1 is 0.448 bits per heavy atom. The molecular weight excluding hydrogens is 831 g/mol. The predicted octanol–water partition coefficient (Wildman–Crippen LogP) is 12.7. The molecule has 2 aliphatic heterocycles. The van der Waals surface area contributed by atoms with Crippen molar-refractivity contribution in [1.82, 2.24) is 5.32 Å². The Kier molecular flexibility index (Phi) is 10.7. The number of fused-ring (bicyclic) bond motifs is 10. The smallest absolute Gasteiger partial charge is 0.166 e. The molecule has 2 heterocycles. The molecule has 10 rings (SSSR count). The van der Waals surface area contributed by atoms with Gasteiger partial charge in [0, 0.05) is 45.2 Å². The quantitative estimate of drug-likeness (QED) is 0.228. The first kappa shape index (κ1) is 49.1. The number of carbonyl (C=O) groups excluding carboxylic acids is 2. The van der Waals surface area contributed by atoms with Crippen molar-refractivity contribution >= 4 is 11.6 Å². The molecule has 18 unspecified atom stereocenters. The summed E-state index contributed by atoms with van der Waals surface area (Å²) in [6.45, 7) is 36.6. The fraction of sp³-hybridized carbons (Fsp3) is 0.900. The first-order valence-electron chi connectivity index (χ1n) is 27.8. The maximum absolute atomic E-state index is 15.1. The van der Waals surface area contributed by atoms with Crippen LogP contribution in [0.15, 0.2) is 23.5 Å². The van der Waals surface area contributed by atoms with Crippen LogP contribution in [0.4, 0.5) is 0 Å². The van der Waals surface area contributed by atoms with E-state index in [9.17, 15) is 10.2 Å². The van der Waals surface area contributed by atoms with E-state index in [2.05, 4.69) is 101 Å². The minimum atomic E-state index is -0.839. The molecule has 0 spiro atoms. The van der Waals surface area contributed by atoms with Crippen molar-refractivity contribution < 1.29 is 29.3 Å². The van der Waals surface area contributed by atoms with Gasteiger partial charge in [-0.05, 0) is 213 Å². The van der Waals surface area contributed by atoms with E-state index in [1.54, 1.807) is 0 Å². The standard InChI is InChI=1S/C60H95NO6/c1-49(2)41-23-29-55(11)43(19-17-35-37(21-27-53(35,55)9)57(13)31-25-45(66-57)51(5,6)64)59(41,15)39(47(49)62)33-61-34-40-48(63)50(3,4)42-24-30-56(12)44(60(40,42)16)20-18-36-38(22-28-54(36,56)10)58(14)32-26-46(67-58)52(7,8)65/h33-38,41-46,61,64-65H,17-32H2,1-16H3. The zero-order valence-corrected chi connectivity index (χ0v) is 45.3.